The summed E-state index contributed by atoms with van der Waals surface area (Å²) >= 11 is 0. The number of methoxy groups -OCH3 is 1. The lowest BCUT2D eigenvalue weighted by molar-refractivity contribution is -0.132. The van der Waals surface area contributed by atoms with Gasteiger partial charge in [-0.2, -0.15) is 0 Å². The Morgan fingerprint density at radius 2 is 1.71 bits per heavy atom. The molecule has 11 heteroatoms. The van der Waals surface area contributed by atoms with E-state index in [1.54, 1.807) is 53.6 Å². The summed E-state index contributed by atoms with van der Waals surface area (Å²) < 4.78 is 33.1. The second-order valence-electron chi connectivity index (χ2n) is 9.18. The van der Waals surface area contributed by atoms with Crippen molar-refractivity contribution in [2.24, 2.45) is 0 Å². The molecule has 0 aliphatic carbocycles. The molecule has 198 valence electrons. The monoisotopic (exact) mass is 535 g/mol. The molecule has 10 nitrogen and oxygen atoms in total. The van der Waals surface area contributed by atoms with Gasteiger partial charge in [0.05, 0.1) is 18.6 Å². The van der Waals surface area contributed by atoms with Crippen molar-refractivity contribution in [3.05, 3.63) is 78.5 Å². The normalized spacial score (nSPS) is 18.2. The van der Waals surface area contributed by atoms with Crippen molar-refractivity contribution in [2.45, 2.75) is 17.9 Å². The number of urea groups is 1. The smallest absolute Gasteiger partial charge is 0.339 e. The number of para-hydroxylation sites is 1. The van der Waals surface area contributed by atoms with Crippen LogP contribution in [-0.2, 0) is 14.8 Å². The molecule has 0 N–H and O–H groups in total. The third-order valence-corrected chi connectivity index (χ3v) is 8.63. The van der Waals surface area contributed by atoms with E-state index < -0.39 is 22.1 Å². The van der Waals surface area contributed by atoms with Crippen LogP contribution < -0.4 is 14.5 Å². The third-order valence-electron chi connectivity index (χ3n) is 6.89. The van der Waals surface area contributed by atoms with E-state index >= 15 is 0 Å². The summed E-state index contributed by atoms with van der Waals surface area (Å²) in [5, 5.41) is 0. The average Bonchev–Trinajstić information content (AvgIpc) is 3.31. The molecule has 2 saturated heterocycles. The molecular formula is C27H29N5O5S. The van der Waals surface area contributed by atoms with Crippen LogP contribution in [0.2, 0.25) is 0 Å². The number of carbonyl (C=O) groups excluding carboxylic acids is 2. The predicted octanol–water partition coefficient (Wildman–Crippen LogP) is 2.75. The number of hydrogen-bond acceptors (Lipinski definition) is 7. The molecule has 3 amide bonds. The van der Waals surface area contributed by atoms with Gasteiger partial charge in [0.15, 0.2) is 0 Å². The van der Waals surface area contributed by atoms with Crippen molar-refractivity contribution in [3.63, 3.8) is 0 Å². The largest absolute Gasteiger partial charge is 0.497 e. The highest BCUT2D eigenvalue weighted by atomic mass is 32.2. The van der Waals surface area contributed by atoms with E-state index in [-0.39, 0.29) is 17.3 Å². The molecule has 0 bridgehead atoms. The highest BCUT2D eigenvalue weighted by molar-refractivity contribution is 7.89. The Bertz CT molecular complexity index is 1440. The van der Waals surface area contributed by atoms with E-state index in [0.29, 0.717) is 37.6 Å². The lowest BCUT2D eigenvalue weighted by Crippen LogP contribution is -2.55. The summed E-state index contributed by atoms with van der Waals surface area (Å²) in [7, 11) is -2.80. The van der Waals surface area contributed by atoms with Crippen molar-refractivity contribution >= 4 is 33.5 Å². The number of benzene rings is 2. The SMILES string of the molecule is COc1cccc(S(=O)(=O)N2CC(C(=O)N3CCN(c4ncccc4C)CC3)N(c3ccccc3)C2=O)c1. The highest BCUT2D eigenvalue weighted by Crippen LogP contribution is 2.31. The highest BCUT2D eigenvalue weighted by Gasteiger charge is 2.49. The van der Waals surface area contributed by atoms with E-state index in [2.05, 4.69) is 9.88 Å². The van der Waals surface area contributed by atoms with Crippen LogP contribution in [0.25, 0.3) is 0 Å². The fraction of sp³-hybridized carbons (Fsp3) is 0.296. The Morgan fingerprint density at radius 3 is 2.39 bits per heavy atom. The van der Waals surface area contributed by atoms with Crippen LogP contribution in [0.4, 0.5) is 16.3 Å². The van der Waals surface area contributed by atoms with Crippen LogP contribution in [0.1, 0.15) is 5.56 Å². The topological polar surface area (TPSA) is 103 Å². The van der Waals surface area contributed by atoms with Crippen LogP contribution in [0.5, 0.6) is 5.75 Å². The number of nitrogens with zero attached hydrogens (tertiary/aromatic N) is 5. The molecule has 3 heterocycles. The Hall–Kier alpha value is -4.12. The van der Waals surface area contributed by atoms with Crippen LogP contribution in [0.3, 0.4) is 0 Å². The van der Waals surface area contributed by atoms with Crippen LogP contribution in [0, 0.1) is 6.92 Å². The molecule has 2 aliphatic rings. The molecule has 0 saturated carbocycles. The molecule has 0 radical (unpaired) electrons. The molecule has 2 fully saturated rings. The molecule has 1 aromatic heterocycles. The van der Waals surface area contributed by atoms with Gasteiger partial charge in [0.2, 0.25) is 5.91 Å². The van der Waals surface area contributed by atoms with E-state index in [1.807, 2.05) is 19.1 Å². The second-order valence-corrected chi connectivity index (χ2v) is 11.0. The van der Waals surface area contributed by atoms with Crippen molar-refractivity contribution in [3.8, 4) is 5.75 Å². The van der Waals surface area contributed by atoms with E-state index in [9.17, 15) is 18.0 Å². The van der Waals surface area contributed by atoms with Crippen LogP contribution >= 0.6 is 0 Å². The minimum atomic E-state index is -4.23. The summed E-state index contributed by atoms with van der Waals surface area (Å²) in [5.74, 6) is 0.950. The standard InChI is InChI=1S/C27H29N5O5S/c1-20-8-7-13-28-25(20)29-14-16-30(17-15-29)26(33)24-19-31(27(34)32(24)21-9-4-3-5-10-21)38(35,36)23-12-6-11-22(18-23)37-2/h3-13,18,24H,14-17,19H2,1-2H3. The van der Waals surface area contributed by atoms with Crippen molar-refractivity contribution in [1.82, 2.24) is 14.2 Å². The van der Waals surface area contributed by atoms with Gasteiger partial charge in [-0.25, -0.2) is 22.5 Å². The predicted molar refractivity (Wildman–Crippen MR) is 143 cm³/mol. The number of amides is 3. The summed E-state index contributed by atoms with van der Waals surface area (Å²) in [6.45, 7) is 3.75. The van der Waals surface area contributed by atoms with Crippen molar-refractivity contribution in [1.29, 1.82) is 0 Å². The van der Waals surface area contributed by atoms with Gasteiger partial charge in [-0.15, -0.1) is 0 Å². The summed E-state index contributed by atoms with van der Waals surface area (Å²) in [4.78, 5) is 36.9. The first-order chi connectivity index (χ1) is 18.3. The van der Waals surface area contributed by atoms with E-state index in [4.69, 9.17) is 4.74 Å². The average molecular weight is 536 g/mol. The first kappa shape index (κ1) is 25.5. The van der Waals surface area contributed by atoms with Gasteiger partial charge in [-0.1, -0.05) is 30.3 Å². The Balaban J connectivity index is 1.41. The van der Waals surface area contributed by atoms with Crippen molar-refractivity contribution in [2.75, 3.05) is 49.6 Å². The number of rotatable bonds is 6. The summed E-state index contributed by atoms with van der Waals surface area (Å²) in [6.07, 6.45) is 1.75. The lowest BCUT2D eigenvalue weighted by atomic mass is 10.1. The number of ether oxygens (including phenoxy) is 1. The van der Waals surface area contributed by atoms with Gasteiger partial charge in [0.25, 0.3) is 10.0 Å². The molecule has 3 aromatic rings. The number of hydrogen-bond donors (Lipinski definition) is 0. The first-order valence-electron chi connectivity index (χ1n) is 12.3. The minimum absolute atomic E-state index is 0.0781. The maximum absolute atomic E-state index is 13.8. The van der Waals surface area contributed by atoms with Gasteiger partial charge in [-0.05, 0) is 42.8 Å². The van der Waals surface area contributed by atoms with Gasteiger partial charge >= 0.3 is 6.03 Å². The molecule has 2 aromatic carbocycles. The maximum atomic E-state index is 13.8. The molecule has 0 spiro atoms. The number of aromatic nitrogens is 1. The zero-order chi connectivity index (χ0) is 26.9. The first-order valence-corrected chi connectivity index (χ1v) is 13.8. The number of carbonyl (C=O) groups is 2. The summed E-state index contributed by atoms with van der Waals surface area (Å²) in [6, 6.07) is 16.8. The Kier molecular flexibility index (Phi) is 6.94. The molecule has 38 heavy (non-hydrogen) atoms. The second kappa shape index (κ2) is 10.3. The molecule has 1 atom stereocenters. The molecular weight excluding hydrogens is 506 g/mol. The lowest BCUT2D eigenvalue weighted by Gasteiger charge is -2.37. The molecule has 5 rings (SSSR count). The zero-order valence-corrected chi connectivity index (χ0v) is 22.0. The summed E-state index contributed by atoms with van der Waals surface area (Å²) in [5.41, 5.74) is 1.52. The quantitative estimate of drug-likeness (QED) is 0.478. The minimum Gasteiger partial charge on any atom is -0.497 e. The van der Waals surface area contributed by atoms with Crippen LogP contribution in [0.15, 0.2) is 77.8 Å². The number of pyridine rings is 1. The van der Waals surface area contributed by atoms with E-state index in [1.165, 1.54) is 24.1 Å². The third kappa shape index (κ3) is 4.65. The van der Waals surface area contributed by atoms with Gasteiger partial charge < -0.3 is 14.5 Å². The van der Waals surface area contributed by atoms with Gasteiger partial charge in [-0.3, -0.25) is 9.69 Å². The number of sulfonamides is 1. The van der Waals surface area contributed by atoms with Gasteiger partial charge in [0.1, 0.15) is 17.6 Å². The maximum Gasteiger partial charge on any atom is 0.339 e. The Morgan fingerprint density at radius 1 is 0.974 bits per heavy atom. The fourth-order valence-electron chi connectivity index (χ4n) is 4.89. The Labute approximate surface area is 222 Å². The van der Waals surface area contributed by atoms with E-state index in [0.717, 1.165) is 15.7 Å². The number of anilines is 2. The van der Waals surface area contributed by atoms with Crippen LogP contribution in [-0.4, -0.2) is 80.4 Å². The molecule has 1 unspecified atom stereocenters. The zero-order valence-electron chi connectivity index (χ0n) is 21.2. The van der Waals surface area contributed by atoms with Gasteiger partial charge in [0, 0.05) is 44.1 Å². The number of aryl methyl sites for hydroxylation is 1. The fourth-order valence-corrected chi connectivity index (χ4v) is 6.29. The number of piperazine rings is 1. The van der Waals surface area contributed by atoms with Crippen molar-refractivity contribution < 1.29 is 22.7 Å². The molecule has 2 aliphatic heterocycles.